The van der Waals surface area contributed by atoms with Crippen molar-refractivity contribution in [2.75, 3.05) is 13.2 Å². The summed E-state index contributed by atoms with van der Waals surface area (Å²) in [6.45, 7) is 12.0. The molecule has 0 N–H and O–H groups in total. The van der Waals surface area contributed by atoms with Crippen LogP contribution in [0.3, 0.4) is 0 Å². The molecule has 4 nitrogen and oxygen atoms in total. The maximum absolute atomic E-state index is 11.9. The second-order valence-corrected chi connectivity index (χ2v) is 5.44. The first-order chi connectivity index (χ1) is 8.79. The Bertz CT molecular complexity index is 340. The summed E-state index contributed by atoms with van der Waals surface area (Å²) >= 11 is 0. The van der Waals surface area contributed by atoms with E-state index in [2.05, 4.69) is 0 Å². The van der Waals surface area contributed by atoms with Gasteiger partial charge < -0.3 is 9.47 Å². The van der Waals surface area contributed by atoms with Gasteiger partial charge in [0.05, 0.1) is 13.2 Å². The van der Waals surface area contributed by atoms with Crippen molar-refractivity contribution >= 4 is 11.9 Å². The highest BCUT2D eigenvalue weighted by atomic mass is 16.5. The van der Waals surface area contributed by atoms with Gasteiger partial charge in [0.2, 0.25) is 0 Å². The van der Waals surface area contributed by atoms with Gasteiger partial charge in [-0.1, -0.05) is 34.6 Å². The van der Waals surface area contributed by atoms with Crippen LogP contribution in [0.15, 0.2) is 11.1 Å². The van der Waals surface area contributed by atoms with Crippen LogP contribution in [0.5, 0.6) is 0 Å². The van der Waals surface area contributed by atoms with Crippen molar-refractivity contribution in [3.8, 4) is 0 Å². The molecule has 0 aliphatic rings. The van der Waals surface area contributed by atoms with Gasteiger partial charge in [-0.15, -0.1) is 0 Å². The highest BCUT2D eigenvalue weighted by molar-refractivity contribution is 5.99. The number of ether oxygens (including phenoxy) is 2. The topological polar surface area (TPSA) is 52.6 Å². The number of rotatable bonds is 7. The van der Waals surface area contributed by atoms with Gasteiger partial charge in [0.25, 0.3) is 0 Å². The third kappa shape index (κ3) is 6.99. The quantitative estimate of drug-likeness (QED) is 0.527. The van der Waals surface area contributed by atoms with Gasteiger partial charge in [-0.25, -0.2) is 9.59 Å². The van der Waals surface area contributed by atoms with Gasteiger partial charge in [0.15, 0.2) is 0 Å². The monoisotopic (exact) mass is 270 g/mol. The summed E-state index contributed by atoms with van der Waals surface area (Å²) in [6, 6.07) is 0. The number of hydrogen-bond donors (Lipinski definition) is 0. The summed E-state index contributed by atoms with van der Waals surface area (Å²) < 4.78 is 10.3. The predicted molar refractivity (Wildman–Crippen MR) is 74.6 cm³/mol. The van der Waals surface area contributed by atoms with E-state index in [1.165, 1.54) is 0 Å². The van der Waals surface area contributed by atoms with Crippen molar-refractivity contribution in [2.45, 2.75) is 48.0 Å². The van der Waals surface area contributed by atoms with Crippen LogP contribution < -0.4 is 0 Å². The smallest absolute Gasteiger partial charge is 0.334 e. The summed E-state index contributed by atoms with van der Waals surface area (Å²) in [5.41, 5.74) is 0.742. The molecule has 0 heterocycles. The molecule has 0 fully saturated rings. The number of carbonyl (C=O) groups excluding carboxylic acids is 2. The predicted octanol–water partition coefficient (Wildman–Crippen LogP) is 3.11. The highest BCUT2D eigenvalue weighted by Crippen LogP contribution is 2.13. The molecular formula is C15H26O4. The van der Waals surface area contributed by atoms with Crippen molar-refractivity contribution in [3.05, 3.63) is 11.1 Å². The molecule has 0 radical (unpaired) electrons. The molecule has 0 rings (SSSR count). The Labute approximate surface area is 116 Å². The Morgan fingerprint density at radius 1 is 0.895 bits per heavy atom. The van der Waals surface area contributed by atoms with E-state index in [0.717, 1.165) is 0 Å². The second kappa shape index (κ2) is 8.73. The Morgan fingerprint density at radius 3 is 1.68 bits per heavy atom. The van der Waals surface area contributed by atoms with Crippen LogP contribution in [-0.2, 0) is 19.1 Å². The minimum atomic E-state index is -0.438. The molecule has 110 valence electrons. The van der Waals surface area contributed by atoms with Gasteiger partial charge in [0, 0.05) is 11.1 Å². The molecule has 0 saturated heterocycles. The molecule has 0 saturated carbocycles. The SMILES string of the molecule is CCC(C(=O)OCC(C)C)=C(C)C(=O)OCC(C)C. The number of hydrogen-bond acceptors (Lipinski definition) is 4. The number of esters is 2. The molecule has 0 aromatic rings. The maximum Gasteiger partial charge on any atom is 0.334 e. The zero-order chi connectivity index (χ0) is 15.0. The zero-order valence-electron chi connectivity index (χ0n) is 12.9. The lowest BCUT2D eigenvalue weighted by Crippen LogP contribution is -2.18. The van der Waals surface area contributed by atoms with Crippen LogP contribution in [-0.4, -0.2) is 25.2 Å². The first-order valence-corrected chi connectivity index (χ1v) is 6.83. The van der Waals surface area contributed by atoms with E-state index >= 15 is 0 Å². The third-order valence-electron chi connectivity index (χ3n) is 2.45. The molecule has 0 aliphatic heterocycles. The van der Waals surface area contributed by atoms with E-state index in [1.54, 1.807) is 6.92 Å². The second-order valence-electron chi connectivity index (χ2n) is 5.44. The fourth-order valence-electron chi connectivity index (χ4n) is 1.37. The summed E-state index contributed by atoms with van der Waals surface area (Å²) in [5, 5.41) is 0. The van der Waals surface area contributed by atoms with Gasteiger partial charge in [-0.05, 0) is 25.2 Å². The molecule has 0 amide bonds. The van der Waals surface area contributed by atoms with E-state index in [4.69, 9.17) is 9.47 Å². The molecular weight excluding hydrogens is 244 g/mol. The normalized spacial score (nSPS) is 12.4. The molecule has 0 bridgehead atoms. The summed E-state index contributed by atoms with van der Waals surface area (Å²) in [5.74, 6) is -0.313. The molecule has 4 heteroatoms. The molecule has 0 aromatic heterocycles. The van der Waals surface area contributed by atoms with Gasteiger partial charge in [-0.2, -0.15) is 0 Å². The Morgan fingerprint density at radius 2 is 1.32 bits per heavy atom. The number of carbonyl (C=O) groups is 2. The first-order valence-electron chi connectivity index (χ1n) is 6.83. The van der Waals surface area contributed by atoms with E-state index in [-0.39, 0.29) is 11.8 Å². The Hall–Kier alpha value is -1.32. The van der Waals surface area contributed by atoms with Gasteiger partial charge in [-0.3, -0.25) is 0 Å². The third-order valence-corrected chi connectivity index (χ3v) is 2.45. The lowest BCUT2D eigenvalue weighted by molar-refractivity contribution is -0.143. The van der Waals surface area contributed by atoms with Crippen molar-refractivity contribution in [1.29, 1.82) is 0 Å². The first kappa shape index (κ1) is 17.7. The lowest BCUT2D eigenvalue weighted by Gasteiger charge is -2.12. The van der Waals surface area contributed by atoms with Crippen LogP contribution >= 0.6 is 0 Å². The minimum Gasteiger partial charge on any atom is -0.462 e. The molecule has 0 spiro atoms. The van der Waals surface area contributed by atoms with E-state index < -0.39 is 11.9 Å². The Balaban J connectivity index is 4.72. The molecule has 0 aliphatic carbocycles. The minimum absolute atomic E-state index is 0.273. The van der Waals surface area contributed by atoms with Crippen LogP contribution in [0.25, 0.3) is 0 Å². The average Bonchev–Trinajstić information content (AvgIpc) is 2.33. The zero-order valence-corrected chi connectivity index (χ0v) is 12.9. The highest BCUT2D eigenvalue weighted by Gasteiger charge is 2.19. The maximum atomic E-state index is 11.9. The van der Waals surface area contributed by atoms with Crippen molar-refractivity contribution < 1.29 is 19.1 Å². The summed E-state index contributed by atoms with van der Waals surface area (Å²) in [6.07, 6.45) is 0.458. The van der Waals surface area contributed by atoms with Crippen LogP contribution in [0.1, 0.15) is 48.0 Å². The van der Waals surface area contributed by atoms with E-state index in [9.17, 15) is 9.59 Å². The standard InChI is InChI=1S/C15H26O4/c1-7-13(15(17)19-9-11(4)5)12(6)14(16)18-8-10(2)3/h10-11H,7-9H2,1-6H3. The van der Waals surface area contributed by atoms with Crippen molar-refractivity contribution in [2.24, 2.45) is 11.8 Å². The summed E-state index contributed by atoms with van der Waals surface area (Å²) in [4.78, 5) is 23.7. The molecule has 19 heavy (non-hydrogen) atoms. The van der Waals surface area contributed by atoms with Crippen LogP contribution in [0.2, 0.25) is 0 Å². The fourth-order valence-corrected chi connectivity index (χ4v) is 1.37. The largest absolute Gasteiger partial charge is 0.462 e. The molecule has 0 unspecified atom stereocenters. The Kier molecular flexibility index (Phi) is 8.12. The lowest BCUT2D eigenvalue weighted by atomic mass is 10.1. The van der Waals surface area contributed by atoms with Gasteiger partial charge in [0.1, 0.15) is 0 Å². The fraction of sp³-hybridized carbons (Fsp3) is 0.733. The van der Waals surface area contributed by atoms with E-state index in [1.807, 2.05) is 34.6 Å². The van der Waals surface area contributed by atoms with Crippen molar-refractivity contribution in [3.63, 3.8) is 0 Å². The van der Waals surface area contributed by atoms with E-state index in [0.29, 0.717) is 30.8 Å². The molecule has 0 aromatic carbocycles. The van der Waals surface area contributed by atoms with Crippen LogP contribution in [0.4, 0.5) is 0 Å². The molecule has 0 atom stereocenters. The summed E-state index contributed by atoms with van der Waals surface area (Å²) in [7, 11) is 0. The van der Waals surface area contributed by atoms with Gasteiger partial charge >= 0.3 is 11.9 Å². The average molecular weight is 270 g/mol. The van der Waals surface area contributed by atoms with Crippen molar-refractivity contribution in [1.82, 2.24) is 0 Å². The van der Waals surface area contributed by atoms with Crippen LogP contribution in [0, 0.1) is 11.8 Å².